The van der Waals surface area contributed by atoms with E-state index in [4.69, 9.17) is 0 Å². The molecule has 2 N–H and O–H groups in total. The van der Waals surface area contributed by atoms with Gasteiger partial charge in [0.05, 0.1) is 11.9 Å². The zero-order chi connectivity index (χ0) is 18.3. The van der Waals surface area contributed by atoms with Gasteiger partial charge in [-0.05, 0) is 18.1 Å². The highest BCUT2D eigenvalue weighted by Gasteiger charge is 2.16. The maximum Gasteiger partial charge on any atom is 0.282 e. The molecule has 0 atom stereocenters. The molecule has 4 aromatic heterocycles. The van der Waals surface area contributed by atoms with Crippen molar-refractivity contribution in [2.24, 2.45) is 5.92 Å². The SMILES string of the molecule is CC(C)CNc1ncc2c(-c3ccc4ncc(C(F)F)n4n3)c[nH]c2n1. The zero-order valence-corrected chi connectivity index (χ0v) is 14.2. The molecule has 0 fully saturated rings. The van der Waals surface area contributed by atoms with Gasteiger partial charge in [-0.15, -0.1) is 0 Å². The summed E-state index contributed by atoms with van der Waals surface area (Å²) in [6.07, 6.45) is 1.94. The van der Waals surface area contributed by atoms with Crippen molar-refractivity contribution in [2.45, 2.75) is 20.3 Å². The number of nitrogens with one attached hydrogen (secondary N) is 2. The number of aromatic amines is 1. The number of hydrogen-bond acceptors (Lipinski definition) is 5. The lowest BCUT2D eigenvalue weighted by Crippen LogP contribution is -2.10. The molecule has 0 aliphatic heterocycles. The van der Waals surface area contributed by atoms with Crippen LogP contribution in [0.15, 0.2) is 30.7 Å². The lowest BCUT2D eigenvalue weighted by molar-refractivity contribution is 0.143. The Kier molecular flexibility index (Phi) is 3.98. The highest BCUT2D eigenvalue weighted by molar-refractivity contribution is 5.92. The highest BCUT2D eigenvalue weighted by Crippen LogP contribution is 2.27. The fourth-order valence-electron chi connectivity index (χ4n) is 2.68. The monoisotopic (exact) mass is 357 g/mol. The standard InChI is InChI=1S/C17H17F2N7/c1-9(2)5-22-17-23-7-11-10(6-21-16(11)24-17)12-3-4-14-20-8-13(15(18)19)26(14)25-12/h3-4,6-9,15H,5H2,1-2H3,(H2,21,22,23,24). The molecule has 0 aliphatic carbocycles. The van der Waals surface area contributed by atoms with Crippen LogP contribution >= 0.6 is 0 Å². The molecule has 134 valence electrons. The van der Waals surface area contributed by atoms with E-state index < -0.39 is 6.43 Å². The first kappa shape index (κ1) is 16.4. The first-order chi connectivity index (χ1) is 12.5. The van der Waals surface area contributed by atoms with Gasteiger partial charge in [0.2, 0.25) is 5.95 Å². The van der Waals surface area contributed by atoms with Gasteiger partial charge in [-0.1, -0.05) is 13.8 Å². The first-order valence-corrected chi connectivity index (χ1v) is 8.24. The molecule has 0 spiro atoms. The van der Waals surface area contributed by atoms with Crippen LogP contribution in [-0.2, 0) is 0 Å². The van der Waals surface area contributed by atoms with Crippen molar-refractivity contribution in [3.05, 3.63) is 36.4 Å². The second-order valence-corrected chi connectivity index (χ2v) is 6.41. The maximum absolute atomic E-state index is 13.1. The van der Waals surface area contributed by atoms with E-state index >= 15 is 0 Å². The number of hydrogen-bond donors (Lipinski definition) is 2. The molecule has 0 unspecified atom stereocenters. The van der Waals surface area contributed by atoms with Crippen molar-refractivity contribution in [3.63, 3.8) is 0 Å². The Bertz CT molecular complexity index is 1070. The summed E-state index contributed by atoms with van der Waals surface area (Å²) in [5, 5.41) is 8.26. The molecule has 7 nitrogen and oxygen atoms in total. The van der Waals surface area contributed by atoms with Crippen LogP contribution in [0.5, 0.6) is 0 Å². The van der Waals surface area contributed by atoms with Crippen molar-refractivity contribution in [2.75, 3.05) is 11.9 Å². The van der Waals surface area contributed by atoms with Crippen LogP contribution in [0.3, 0.4) is 0 Å². The van der Waals surface area contributed by atoms with Crippen molar-refractivity contribution < 1.29 is 8.78 Å². The third-order valence-electron chi connectivity index (χ3n) is 3.99. The number of H-pyrrole nitrogens is 1. The molecular weight excluding hydrogens is 340 g/mol. The van der Waals surface area contributed by atoms with E-state index in [-0.39, 0.29) is 5.69 Å². The van der Waals surface area contributed by atoms with Gasteiger partial charge in [-0.25, -0.2) is 23.3 Å². The summed E-state index contributed by atoms with van der Waals surface area (Å²) in [5.74, 6) is 1.02. The number of alkyl halides is 2. The van der Waals surface area contributed by atoms with Gasteiger partial charge in [-0.2, -0.15) is 10.1 Å². The van der Waals surface area contributed by atoms with E-state index in [1.165, 1.54) is 0 Å². The van der Waals surface area contributed by atoms with Gasteiger partial charge < -0.3 is 10.3 Å². The number of fused-ring (bicyclic) bond motifs is 2. The molecule has 0 radical (unpaired) electrons. The normalized spacial score (nSPS) is 11.9. The Morgan fingerprint density at radius 3 is 2.81 bits per heavy atom. The molecule has 4 heterocycles. The average Bonchev–Trinajstić information content (AvgIpc) is 3.22. The first-order valence-electron chi connectivity index (χ1n) is 8.24. The largest absolute Gasteiger partial charge is 0.354 e. The van der Waals surface area contributed by atoms with Gasteiger partial charge in [0, 0.05) is 29.9 Å². The van der Waals surface area contributed by atoms with Crippen molar-refractivity contribution >= 4 is 22.6 Å². The number of nitrogens with zero attached hydrogens (tertiary/aromatic N) is 5. The van der Waals surface area contributed by atoms with Gasteiger partial charge in [-0.3, -0.25) is 0 Å². The molecule has 0 aliphatic rings. The summed E-state index contributed by atoms with van der Waals surface area (Å²) >= 11 is 0. The second kappa shape index (κ2) is 6.32. The van der Waals surface area contributed by atoms with E-state index in [1.807, 2.05) is 0 Å². The molecule has 0 saturated carbocycles. The molecular formula is C17H17F2N7. The molecule has 0 saturated heterocycles. The predicted molar refractivity (Wildman–Crippen MR) is 94.2 cm³/mol. The number of halogens is 2. The van der Waals surface area contributed by atoms with E-state index in [0.29, 0.717) is 28.9 Å². The summed E-state index contributed by atoms with van der Waals surface area (Å²) in [5.41, 5.74) is 2.07. The van der Waals surface area contributed by atoms with Crippen LogP contribution < -0.4 is 5.32 Å². The number of anilines is 1. The third kappa shape index (κ3) is 2.85. The average molecular weight is 357 g/mol. The van der Waals surface area contributed by atoms with E-state index in [1.54, 1.807) is 24.5 Å². The Labute approximate surface area is 147 Å². The smallest absolute Gasteiger partial charge is 0.282 e. The summed E-state index contributed by atoms with van der Waals surface area (Å²) in [6, 6.07) is 3.40. The van der Waals surface area contributed by atoms with E-state index in [0.717, 1.165) is 28.2 Å². The maximum atomic E-state index is 13.1. The van der Waals surface area contributed by atoms with Crippen LogP contribution in [0, 0.1) is 5.92 Å². The summed E-state index contributed by atoms with van der Waals surface area (Å²) in [7, 11) is 0. The van der Waals surface area contributed by atoms with E-state index in [9.17, 15) is 8.78 Å². The van der Waals surface area contributed by atoms with Crippen LogP contribution in [0.4, 0.5) is 14.7 Å². The fraction of sp³-hybridized carbons (Fsp3) is 0.294. The van der Waals surface area contributed by atoms with Crippen molar-refractivity contribution in [1.82, 2.24) is 29.5 Å². The molecule has 26 heavy (non-hydrogen) atoms. The van der Waals surface area contributed by atoms with Crippen LogP contribution in [0.1, 0.15) is 26.0 Å². The van der Waals surface area contributed by atoms with Gasteiger partial charge in [0.1, 0.15) is 11.3 Å². The Hall–Kier alpha value is -3.10. The fourth-order valence-corrected chi connectivity index (χ4v) is 2.68. The molecule has 4 aromatic rings. The number of rotatable bonds is 5. The minimum Gasteiger partial charge on any atom is -0.354 e. The van der Waals surface area contributed by atoms with Gasteiger partial charge in [0.15, 0.2) is 5.65 Å². The van der Waals surface area contributed by atoms with Crippen LogP contribution in [0.2, 0.25) is 0 Å². The molecule has 9 heteroatoms. The summed E-state index contributed by atoms with van der Waals surface area (Å²) in [6.45, 7) is 4.97. The topological polar surface area (TPSA) is 83.8 Å². The Morgan fingerprint density at radius 1 is 1.19 bits per heavy atom. The molecule has 0 amide bonds. The lowest BCUT2D eigenvalue weighted by Gasteiger charge is -2.07. The van der Waals surface area contributed by atoms with Crippen molar-refractivity contribution in [1.29, 1.82) is 0 Å². The zero-order valence-electron chi connectivity index (χ0n) is 14.2. The molecule has 0 bridgehead atoms. The molecule has 4 rings (SSSR count). The van der Waals surface area contributed by atoms with E-state index in [2.05, 4.69) is 44.2 Å². The number of aromatic nitrogens is 6. The lowest BCUT2D eigenvalue weighted by atomic mass is 10.2. The molecule has 0 aromatic carbocycles. The quantitative estimate of drug-likeness (QED) is 0.569. The highest BCUT2D eigenvalue weighted by atomic mass is 19.3. The second-order valence-electron chi connectivity index (χ2n) is 6.41. The Balaban J connectivity index is 1.74. The van der Waals surface area contributed by atoms with Crippen LogP contribution in [0.25, 0.3) is 27.9 Å². The predicted octanol–water partition coefficient (Wildman–Crippen LogP) is 3.67. The number of imidazole rings is 1. The minimum atomic E-state index is -2.64. The minimum absolute atomic E-state index is 0.238. The summed E-state index contributed by atoms with van der Waals surface area (Å²) < 4.78 is 27.4. The Morgan fingerprint density at radius 2 is 2.04 bits per heavy atom. The third-order valence-corrected chi connectivity index (χ3v) is 3.99. The summed E-state index contributed by atoms with van der Waals surface area (Å²) in [4.78, 5) is 15.8. The van der Waals surface area contributed by atoms with Gasteiger partial charge in [0.25, 0.3) is 6.43 Å². The van der Waals surface area contributed by atoms with Gasteiger partial charge >= 0.3 is 0 Å². The van der Waals surface area contributed by atoms with Crippen molar-refractivity contribution in [3.8, 4) is 11.3 Å². The van der Waals surface area contributed by atoms with Crippen LogP contribution in [-0.4, -0.2) is 36.1 Å².